The molecule has 5 heteroatoms. The first-order chi connectivity index (χ1) is 8.31. The molecule has 1 aliphatic carbocycles. The highest BCUT2D eigenvalue weighted by Crippen LogP contribution is 2.30. The Labute approximate surface area is 105 Å². The molecule has 2 N–H and O–H groups in total. The number of aryl methyl sites for hydroxylation is 1. The van der Waals surface area contributed by atoms with Crippen LogP contribution in [-0.4, -0.2) is 33.0 Å². The third-order valence-corrected chi connectivity index (χ3v) is 4.52. The van der Waals surface area contributed by atoms with Crippen molar-refractivity contribution in [1.29, 1.82) is 0 Å². The number of hydrogen-bond donors (Lipinski definition) is 2. The van der Waals surface area contributed by atoms with Gasteiger partial charge in [-0.3, -0.25) is 0 Å². The number of thioether (sulfide) groups is 1. The summed E-state index contributed by atoms with van der Waals surface area (Å²) in [7, 11) is 0. The molecule has 0 amide bonds. The zero-order valence-electron chi connectivity index (χ0n) is 9.72. The molecule has 92 valence electrons. The highest BCUT2D eigenvalue weighted by Gasteiger charge is 2.20. The molecular weight excluding hydrogens is 234 g/mol. The van der Waals surface area contributed by atoms with Gasteiger partial charge >= 0.3 is 0 Å². The number of rotatable bonds is 2. The standard InChI is InChI=1S/C12H17N3OS/c16-9-3-1-8(2-4-9)14-12-13-7-11-10(15-12)5-6-17-11/h7-9,16H,1-6H2,(H,13,14,15). The molecule has 0 radical (unpaired) electrons. The van der Waals surface area contributed by atoms with E-state index in [1.807, 2.05) is 18.0 Å². The second-order valence-electron chi connectivity index (χ2n) is 4.75. The zero-order chi connectivity index (χ0) is 11.7. The molecule has 0 aromatic carbocycles. The number of aromatic nitrogens is 2. The van der Waals surface area contributed by atoms with Crippen LogP contribution in [-0.2, 0) is 6.42 Å². The van der Waals surface area contributed by atoms with E-state index in [4.69, 9.17) is 0 Å². The first-order valence-corrected chi connectivity index (χ1v) is 7.23. The van der Waals surface area contributed by atoms with Gasteiger partial charge in [-0.1, -0.05) is 0 Å². The number of nitrogens with zero attached hydrogens (tertiary/aromatic N) is 2. The van der Waals surface area contributed by atoms with Crippen molar-refractivity contribution in [3.05, 3.63) is 11.9 Å². The van der Waals surface area contributed by atoms with E-state index in [1.165, 1.54) is 10.6 Å². The van der Waals surface area contributed by atoms with Crippen LogP contribution < -0.4 is 5.32 Å². The molecular formula is C12H17N3OS. The molecule has 1 saturated carbocycles. The zero-order valence-corrected chi connectivity index (χ0v) is 10.5. The molecule has 2 aliphatic rings. The van der Waals surface area contributed by atoms with E-state index in [0.29, 0.717) is 6.04 Å². The van der Waals surface area contributed by atoms with Gasteiger partial charge in [-0.05, 0) is 25.7 Å². The average Bonchev–Trinajstić information content (AvgIpc) is 2.79. The second kappa shape index (κ2) is 4.82. The Hall–Kier alpha value is -0.810. The van der Waals surface area contributed by atoms with Gasteiger partial charge in [0.05, 0.1) is 11.8 Å². The van der Waals surface area contributed by atoms with Crippen LogP contribution in [0.5, 0.6) is 0 Å². The maximum absolute atomic E-state index is 9.46. The summed E-state index contributed by atoms with van der Waals surface area (Å²) < 4.78 is 0. The van der Waals surface area contributed by atoms with Crippen LogP contribution in [0.1, 0.15) is 31.4 Å². The summed E-state index contributed by atoms with van der Waals surface area (Å²) in [6.07, 6.45) is 6.68. The van der Waals surface area contributed by atoms with E-state index in [9.17, 15) is 5.11 Å². The van der Waals surface area contributed by atoms with Crippen molar-refractivity contribution in [2.24, 2.45) is 0 Å². The summed E-state index contributed by atoms with van der Waals surface area (Å²) >= 11 is 1.84. The Balaban J connectivity index is 1.65. The van der Waals surface area contributed by atoms with Gasteiger partial charge < -0.3 is 10.4 Å². The Bertz CT molecular complexity index is 405. The fraction of sp³-hybridized carbons (Fsp3) is 0.667. The van der Waals surface area contributed by atoms with E-state index in [1.54, 1.807) is 0 Å². The van der Waals surface area contributed by atoms with Crippen LogP contribution in [0.2, 0.25) is 0 Å². The lowest BCUT2D eigenvalue weighted by Crippen LogP contribution is -2.29. The molecule has 4 nitrogen and oxygen atoms in total. The van der Waals surface area contributed by atoms with E-state index in [0.717, 1.165) is 43.8 Å². The van der Waals surface area contributed by atoms with Gasteiger partial charge in [0, 0.05) is 29.3 Å². The minimum atomic E-state index is -0.106. The maximum atomic E-state index is 9.46. The fourth-order valence-electron chi connectivity index (χ4n) is 2.44. The van der Waals surface area contributed by atoms with E-state index in [-0.39, 0.29) is 6.10 Å². The summed E-state index contributed by atoms with van der Waals surface area (Å²) in [6.45, 7) is 0. The van der Waals surface area contributed by atoms with Crippen molar-refractivity contribution in [3.63, 3.8) is 0 Å². The van der Waals surface area contributed by atoms with Gasteiger partial charge in [0.1, 0.15) is 0 Å². The molecule has 0 bridgehead atoms. The summed E-state index contributed by atoms with van der Waals surface area (Å²) in [5, 5.41) is 12.8. The first kappa shape index (κ1) is 11.3. The first-order valence-electron chi connectivity index (χ1n) is 6.24. The molecule has 1 aromatic heterocycles. The maximum Gasteiger partial charge on any atom is 0.223 e. The van der Waals surface area contributed by atoms with Crippen molar-refractivity contribution in [3.8, 4) is 0 Å². The monoisotopic (exact) mass is 251 g/mol. The normalized spacial score (nSPS) is 27.8. The van der Waals surface area contributed by atoms with Gasteiger partial charge in [-0.25, -0.2) is 9.97 Å². The lowest BCUT2D eigenvalue weighted by atomic mass is 9.93. The van der Waals surface area contributed by atoms with Crippen LogP contribution in [0.4, 0.5) is 5.95 Å². The topological polar surface area (TPSA) is 58.0 Å². The quantitative estimate of drug-likeness (QED) is 0.840. The van der Waals surface area contributed by atoms with Crippen molar-refractivity contribution in [1.82, 2.24) is 9.97 Å². The molecule has 1 aliphatic heterocycles. The Kier molecular flexibility index (Phi) is 3.20. The minimum Gasteiger partial charge on any atom is -0.393 e. The van der Waals surface area contributed by atoms with Gasteiger partial charge in [0.25, 0.3) is 0 Å². The lowest BCUT2D eigenvalue weighted by Gasteiger charge is -2.26. The van der Waals surface area contributed by atoms with Crippen molar-refractivity contribution >= 4 is 17.7 Å². The number of nitrogens with one attached hydrogen (secondary N) is 1. The highest BCUT2D eigenvalue weighted by molar-refractivity contribution is 7.99. The fourth-order valence-corrected chi connectivity index (χ4v) is 3.39. The highest BCUT2D eigenvalue weighted by atomic mass is 32.2. The molecule has 17 heavy (non-hydrogen) atoms. The van der Waals surface area contributed by atoms with Crippen LogP contribution in [0, 0.1) is 0 Å². The number of aliphatic hydroxyl groups is 1. The number of hydrogen-bond acceptors (Lipinski definition) is 5. The molecule has 2 heterocycles. The average molecular weight is 251 g/mol. The summed E-state index contributed by atoms with van der Waals surface area (Å²) in [6, 6.07) is 0.422. The predicted octanol–water partition coefficient (Wildman–Crippen LogP) is 1.84. The summed E-state index contributed by atoms with van der Waals surface area (Å²) in [5.74, 6) is 1.89. The third-order valence-electron chi connectivity index (χ3n) is 3.46. The van der Waals surface area contributed by atoms with Crippen molar-refractivity contribution < 1.29 is 5.11 Å². The Morgan fingerprint density at radius 2 is 2.12 bits per heavy atom. The molecule has 0 unspecified atom stereocenters. The molecule has 3 rings (SSSR count). The van der Waals surface area contributed by atoms with E-state index in [2.05, 4.69) is 15.3 Å². The van der Waals surface area contributed by atoms with Gasteiger partial charge in [0.2, 0.25) is 5.95 Å². The van der Waals surface area contributed by atoms with Crippen LogP contribution in [0.25, 0.3) is 0 Å². The Morgan fingerprint density at radius 1 is 1.29 bits per heavy atom. The largest absolute Gasteiger partial charge is 0.393 e. The minimum absolute atomic E-state index is 0.106. The summed E-state index contributed by atoms with van der Waals surface area (Å²) in [4.78, 5) is 10.1. The molecule has 0 spiro atoms. The lowest BCUT2D eigenvalue weighted by molar-refractivity contribution is 0.126. The van der Waals surface area contributed by atoms with Crippen molar-refractivity contribution in [2.75, 3.05) is 11.1 Å². The molecule has 0 saturated heterocycles. The Morgan fingerprint density at radius 3 is 2.94 bits per heavy atom. The van der Waals surface area contributed by atoms with Crippen LogP contribution >= 0.6 is 11.8 Å². The van der Waals surface area contributed by atoms with Crippen molar-refractivity contribution in [2.45, 2.75) is 49.1 Å². The molecule has 1 aromatic rings. The third kappa shape index (κ3) is 2.55. The van der Waals surface area contributed by atoms with E-state index >= 15 is 0 Å². The van der Waals surface area contributed by atoms with Crippen LogP contribution in [0.3, 0.4) is 0 Å². The number of fused-ring (bicyclic) bond motifs is 1. The van der Waals surface area contributed by atoms with Gasteiger partial charge in [-0.2, -0.15) is 0 Å². The van der Waals surface area contributed by atoms with Gasteiger partial charge in [0.15, 0.2) is 0 Å². The SMILES string of the molecule is OC1CCC(Nc2ncc3c(n2)CCS3)CC1. The molecule has 0 atom stereocenters. The number of anilines is 1. The predicted molar refractivity (Wildman–Crippen MR) is 68.3 cm³/mol. The smallest absolute Gasteiger partial charge is 0.223 e. The molecule has 1 fully saturated rings. The summed E-state index contributed by atoms with van der Waals surface area (Å²) in [5.41, 5.74) is 1.18. The van der Waals surface area contributed by atoms with Gasteiger partial charge in [-0.15, -0.1) is 11.8 Å². The number of aliphatic hydroxyl groups excluding tert-OH is 1. The van der Waals surface area contributed by atoms with Crippen LogP contribution in [0.15, 0.2) is 11.1 Å². The second-order valence-corrected chi connectivity index (χ2v) is 5.89. The van der Waals surface area contributed by atoms with E-state index < -0.39 is 0 Å².